The highest BCUT2D eigenvalue weighted by atomic mass is 16.5. The van der Waals surface area contributed by atoms with Crippen LogP contribution in [-0.2, 0) is 4.74 Å². The van der Waals surface area contributed by atoms with Gasteiger partial charge in [0.15, 0.2) is 5.65 Å². The van der Waals surface area contributed by atoms with Gasteiger partial charge in [-0.1, -0.05) is 12.1 Å². The molecule has 2 aliphatic heterocycles. The maximum absolute atomic E-state index is 10.0. The minimum atomic E-state index is -0.314. The second-order valence-electron chi connectivity index (χ2n) is 8.86. The first-order valence-corrected chi connectivity index (χ1v) is 11.6. The van der Waals surface area contributed by atoms with Crippen molar-refractivity contribution >= 4 is 28.3 Å². The fraction of sp³-hybridized carbons (Fsp3) is 0.417. The number of rotatable bonds is 4. The number of aliphatic hydroxyl groups is 1. The Morgan fingerprint density at radius 3 is 2.58 bits per heavy atom. The highest BCUT2D eigenvalue weighted by Gasteiger charge is 2.24. The van der Waals surface area contributed by atoms with Crippen LogP contribution >= 0.6 is 0 Å². The molecule has 9 heteroatoms. The van der Waals surface area contributed by atoms with Gasteiger partial charge < -0.3 is 20.1 Å². The lowest BCUT2D eigenvalue weighted by atomic mass is 10.1. The molecule has 1 unspecified atom stereocenters. The Hall–Kier alpha value is -3.30. The van der Waals surface area contributed by atoms with Gasteiger partial charge >= 0.3 is 0 Å². The van der Waals surface area contributed by atoms with E-state index in [0.717, 1.165) is 84.4 Å². The van der Waals surface area contributed by atoms with Crippen LogP contribution < -0.4 is 10.2 Å². The number of hydrogen-bond acceptors (Lipinski definition) is 8. The molecule has 2 fully saturated rings. The number of fused-ring (bicyclic) bond motifs is 2. The van der Waals surface area contributed by atoms with Crippen molar-refractivity contribution in [2.45, 2.75) is 38.3 Å². The largest absolute Gasteiger partial charge is 0.391 e. The van der Waals surface area contributed by atoms with Gasteiger partial charge in [-0.05, 0) is 38.3 Å². The van der Waals surface area contributed by atoms with E-state index in [1.54, 1.807) is 0 Å². The van der Waals surface area contributed by atoms with Gasteiger partial charge in [-0.2, -0.15) is 9.61 Å². The standard InChI is InChI=1S/C24H27N7O2/c1-15-24(27-19-5-3-2-4-18(19)25-15)20-12-22-28-21(30-9-6-17(32)14-30)13-23(31(22)29-20)26-16-7-10-33-11-8-16/h2-5,12-13,16-17,26,32H,6-11,14H2,1H3. The van der Waals surface area contributed by atoms with Gasteiger partial charge in [0.25, 0.3) is 0 Å². The smallest absolute Gasteiger partial charge is 0.160 e. The van der Waals surface area contributed by atoms with E-state index >= 15 is 0 Å². The van der Waals surface area contributed by atoms with Crippen LogP contribution in [0.15, 0.2) is 36.4 Å². The highest BCUT2D eigenvalue weighted by Crippen LogP contribution is 2.28. The number of anilines is 2. The van der Waals surface area contributed by atoms with Crippen molar-refractivity contribution < 1.29 is 9.84 Å². The number of ether oxygens (including phenoxy) is 1. The Morgan fingerprint density at radius 1 is 1.03 bits per heavy atom. The van der Waals surface area contributed by atoms with Gasteiger partial charge in [-0.3, -0.25) is 0 Å². The summed E-state index contributed by atoms with van der Waals surface area (Å²) >= 11 is 0. The van der Waals surface area contributed by atoms with E-state index in [1.807, 2.05) is 47.8 Å². The Balaban J connectivity index is 1.45. The maximum atomic E-state index is 10.0. The lowest BCUT2D eigenvalue weighted by molar-refractivity contribution is 0.0903. The van der Waals surface area contributed by atoms with Crippen LogP contribution in [0.4, 0.5) is 11.6 Å². The van der Waals surface area contributed by atoms with E-state index in [4.69, 9.17) is 24.8 Å². The number of hydrogen-bond donors (Lipinski definition) is 2. The van der Waals surface area contributed by atoms with E-state index in [9.17, 15) is 5.11 Å². The maximum Gasteiger partial charge on any atom is 0.160 e. The zero-order chi connectivity index (χ0) is 22.4. The van der Waals surface area contributed by atoms with Crippen LogP contribution in [0.1, 0.15) is 25.0 Å². The molecule has 3 aromatic heterocycles. The molecule has 170 valence electrons. The lowest BCUT2D eigenvalue weighted by Gasteiger charge is -2.25. The third-order valence-corrected chi connectivity index (χ3v) is 6.46. The molecular weight excluding hydrogens is 418 g/mol. The van der Waals surface area contributed by atoms with Crippen molar-refractivity contribution in [1.29, 1.82) is 0 Å². The Labute approximate surface area is 191 Å². The zero-order valence-electron chi connectivity index (χ0n) is 18.6. The number of nitrogens with zero attached hydrogens (tertiary/aromatic N) is 6. The second kappa shape index (κ2) is 8.24. The van der Waals surface area contributed by atoms with E-state index in [0.29, 0.717) is 12.6 Å². The summed E-state index contributed by atoms with van der Waals surface area (Å²) in [6, 6.07) is 12.2. The average molecular weight is 446 g/mol. The van der Waals surface area contributed by atoms with Crippen LogP contribution in [0.25, 0.3) is 28.1 Å². The molecule has 0 aliphatic carbocycles. The summed E-state index contributed by atoms with van der Waals surface area (Å²) < 4.78 is 7.38. The van der Waals surface area contributed by atoms with Gasteiger partial charge in [0.05, 0.1) is 22.8 Å². The molecule has 1 atom stereocenters. The average Bonchev–Trinajstić information content (AvgIpc) is 3.45. The number of β-amino-alcohol motifs (C(OH)–C–C–N with tert-alkyl or cyclic N) is 1. The SMILES string of the molecule is Cc1nc2ccccc2nc1-c1cc2nc(N3CCC(O)C3)cc(NC3CCOCC3)n2n1. The monoisotopic (exact) mass is 445 g/mol. The summed E-state index contributed by atoms with van der Waals surface area (Å²) in [6.07, 6.45) is 2.34. The van der Waals surface area contributed by atoms with Crippen molar-refractivity contribution in [3.05, 3.63) is 42.1 Å². The molecule has 0 bridgehead atoms. The fourth-order valence-corrected chi connectivity index (χ4v) is 4.67. The van der Waals surface area contributed by atoms with Crippen LogP contribution in [0.5, 0.6) is 0 Å². The van der Waals surface area contributed by atoms with E-state index in [1.165, 1.54) is 0 Å². The van der Waals surface area contributed by atoms with Crippen molar-refractivity contribution in [3.8, 4) is 11.4 Å². The number of para-hydroxylation sites is 2. The van der Waals surface area contributed by atoms with Crippen molar-refractivity contribution in [3.63, 3.8) is 0 Å². The number of nitrogens with one attached hydrogen (secondary N) is 1. The number of aryl methyl sites for hydroxylation is 1. The molecule has 0 spiro atoms. The van der Waals surface area contributed by atoms with E-state index in [2.05, 4.69) is 10.2 Å². The quantitative estimate of drug-likeness (QED) is 0.495. The molecule has 4 aromatic rings. The number of aliphatic hydroxyl groups excluding tert-OH is 1. The van der Waals surface area contributed by atoms with Crippen LogP contribution in [0.2, 0.25) is 0 Å². The zero-order valence-corrected chi connectivity index (χ0v) is 18.6. The first-order chi connectivity index (χ1) is 16.1. The molecule has 2 aliphatic rings. The molecule has 33 heavy (non-hydrogen) atoms. The van der Waals surface area contributed by atoms with Gasteiger partial charge in [0.1, 0.15) is 23.0 Å². The summed E-state index contributed by atoms with van der Waals surface area (Å²) in [5.74, 6) is 1.74. The van der Waals surface area contributed by atoms with Crippen molar-refractivity contribution in [2.75, 3.05) is 36.5 Å². The summed E-state index contributed by atoms with van der Waals surface area (Å²) in [4.78, 5) is 16.6. The molecule has 2 saturated heterocycles. The van der Waals surface area contributed by atoms with Crippen LogP contribution in [0.3, 0.4) is 0 Å². The fourth-order valence-electron chi connectivity index (χ4n) is 4.67. The molecule has 0 saturated carbocycles. The minimum Gasteiger partial charge on any atom is -0.391 e. The van der Waals surface area contributed by atoms with Crippen molar-refractivity contribution in [1.82, 2.24) is 24.6 Å². The number of benzene rings is 1. The lowest BCUT2D eigenvalue weighted by Crippen LogP contribution is -2.29. The molecule has 9 nitrogen and oxygen atoms in total. The Morgan fingerprint density at radius 2 is 1.82 bits per heavy atom. The van der Waals surface area contributed by atoms with Crippen molar-refractivity contribution in [2.24, 2.45) is 0 Å². The van der Waals surface area contributed by atoms with Gasteiger partial charge in [-0.15, -0.1) is 0 Å². The molecule has 0 amide bonds. The third-order valence-electron chi connectivity index (χ3n) is 6.46. The predicted molar refractivity (Wildman–Crippen MR) is 127 cm³/mol. The number of aromatic nitrogens is 5. The summed E-state index contributed by atoms with van der Waals surface area (Å²) in [5, 5.41) is 18.6. The Kier molecular flexibility index (Phi) is 5.07. The first kappa shape index (κ1) is 20.3. The third kappa shape index (κ3) is 3.87. The molecular formula is C24H27N7O2. The topological polar surface area (TPSA) is 101 Å². The van der Waals surface area contributed by atoms with E-state index < -0.39 is 0 Å². The van der Waals surface area contributed by atoms with Gasteiger partial charge in [-0.25, -0.2) is 15.0 Å². The summed E-state index contributed by atoms with van der Waals surface area (Å²) in [7, 11) is 0. The normalized spacial score (nSPS) is 19.6. The summed E-state index contributed by atoms with van der Waals surface area (Å²) in [5.41, 5.74) is 4.79. The Bertz CT molecular complexity index is 1320. The van der Waals surface area contributed by atoms with Crippen LogP contribution in [-0.4, -0.2) is 68.1 Å². The van der Waals surface area contributed by atoms with Crippen LogP contribution in [0, 0.1) is 6.92 Å². The molecule has 2 N–H and O–H groups in total. The predicted octanol–water partition coefficient (Wildman–Crippen LogP) is 2.81. The minimum absolute atomic E-state index is 0.314. The molecule has 0 radical (unpaired) electrons. The molecule has 6 rings (SSSR count). The van der Waals surface area contributed by atoms with Gasteiger partial charge in [0.2, 0.25) is 0 Å². The summed E-state index contributed by atoms with van der Waals surface area (Å²) in [6.45, 7) is 4.86. The highest BCUT2D eigenvalue weighted by molar-refractivity contribution is 5.78. The molecule has 5 heterocycles. The first-order valence-electron chi connectivity index (χ1n) is 11.6. The molecule has 1 aromatic carbocycles. The van der Waals surface area contributed by atoms with Gasteiger partial charge in [0, 0.05) is 44.5 Å². The second-order valence-corrected chi connectivity index (χ2v) is 8.86. The van der Waals surface area contributed by atoms with E-state index in [-0.39, 0.29) is 6.10 Å².